The standard InChI is InChI=1S/C12H15BrN4O/c1-3-6-12(2,14)11-16-10(17-18-11)9-8(13)5-4-7-15-9/h4-5,7H,3,6,14H2,1-2H3. The highest BCUT2D eigenvalue weighted by molar-refractivity contribution is 9.10. The fourth-order valence-electron chi connectivity index (χ4n) is 1.73. The molecule has 18 heavy (non-hydrogen) atoms. The molecule has 96 valence electrons. The molecule has 0 bridgehead atoms. The number of halogens is 1. The van der Waals surface area contributed by atoms with Crippen LogP contribution in [0.15, 0.2) is 27.3 Å². The van der Waals surface area contributed by atoms with E-state index in [0.717, 1.165) is 17.3 Å². The maximum absolute atomic E-state index is 6.15. The van der Waals surface area contributed by atoms with Crippen molar-refractivity contribution in [2.45, 2.75) is 32.2 Å². The number of hydrogen-bond acceptors (Lipinski definition) is 5. The second-order valence-corrected chi connectivity index (χ2v) is 5.28. The molecule has 1 unspecified atom stereocenters. The van der Waals surface area contributed by atoms with E-state index in [9.17, 15) is 0 Å². The van der Waals surface area contributed by atoms with E-state index in [2.05, 4.69) is 38.0 Å². The Hall–Kier alpha value is -1.27. The number of nitrogens with two attached hydrogens (primary N) is 1. The molecule has 1 atom stereocenters. The lowest BCUT2D eigenvalue weighted by Gasteiger charge is -2.18. The van der Waals surface area contributed by atoms with E-state index >= 15 is 0 Å². The van der Waals surface area contributed by atoms with Crippen molar-refractivity contribution in [3.8, 4) is 11.5 Å². The molecule has 0 amide bonds. The van der Waals surface area contributed by atoms with Crippen LogP contribution in [0.5, 0.6) is 0 Å². The summed E-state index contributed by atoms with van der Waals surface area (Å²) in [5.41, 5.74) is 6.21. The molecule has 0 aliphatic heterocycles. The molecule has 2 aromatic heterocycles. The Morgan fingerprint density at radius 1 is 1.50 bits per heavy atom. The minimum atomic E-state index is -0.596. The smallest absolute Gasteiger partial charge is 0.246 e. The Morgan fingerprint density at radius 3 is 2.94 bits per heavy atom. The van der Waals surface area contributed by atoms with E-state index in [1.165, 1.54) is 0 Å². The zero-order valence-electron chi connectivity index (χ0n) is 10.4. The zero-order chi connectivity index (χ0) is 13.2. The monoisotopic (exact) mass is 310 g/mol. The zero-order valence-corrected chi connectivity index (χ0v) is 11.9. The van der Waals surface area contributed by atoms with Gasteiger partial charge < -0.3 is 10.3 Å². The van der Waals surface area contributed by atoms with Gasteiger partial charge in [-0.05, 0) is 41.4 Å². The molecule has 0 aliphatic carbocycles. The van der Waals surface area contributed by atoms with Crippen molar-refractivity contribution >= 4 is 15.9 Å². The molecule has 6 heteroatoms. The molecule has 0 aromatic carbocycles. The van der Waals surface area contributed by atoms with Gasteiger partial charge in [0, 0.05) is 10.7 Å². The molecule has 2 aromatic rings. The highest BCUT2D eigenvalue weighted by Crippen LogP contribution is 2.27. The molecule has 2 N–H and O–H groups in total. The van der Waals surface area contributed by atoms with Crippen LogP contribution in [0.25, 0.3) is 11.5 Å². The van der Waals surface area contributed by atoms with E-state index in [-0.39, 0.29) is 0 Å². The van der Waals surface area contributed by atoms with Crippen LogP contribution in [0.4, 0.5) is 0 Å². The maximum atomic E-state index is 6.15. The van der Waals surface area contributed by atoms with Gasteiger partial charge in [-0.15, -0.1) is 0 Å². The summed E-state index contributed by atoms with van der Waals surface area (Å²) >= 11 is 3.41. The SMILES string of the molecule is CCCC(C)(N)c1nc(-c2ncccc2Br)no1. The van der Waals surface area contributed by atoms with Gasteiger partial charge in [0.1, 0.15) is 5.69 Å². The van der Waals surface area contributed by atoms with Gasteiger partial charge in [-0.3, -0.25) is 4.98 Å². The van der Waals surface area contributed by atoms with Crippen molar-refractivity contribution in [2.24, 2.45) is 5.73 Å². The first-order valence-corrected chi connectivity index (χ1v) is 6.58. The van der Waals surface area contributed by atoms with Crippen molar-refractivity contribution in [1.82, 2.24) is 15.1 Å². The van der Waals surface area contributed by atoms with Gasteiger partial charge >= 0.3 is 0 Å². The van der Waals surface area contributed by atoms with Gasteiger partial charge in [-0.25, -0.2) is 0 Å². The van der Waals surface area contributed by atoms with Crippen LogP contribution in [0.2, 0.25) is 0 Å². The maximum Gasteiger partial charge on any atom is 0.246 e. The lowest BCUT2D eigenvalue weighted by atomic mass is 9.98. The van der Waals surface area contributed by atoms with Crippen molar-refractivity contribution in [1.29, 1.82) is 0 Å². The number of pyridine rings is 1. The third kappa shape index (κ3) is 2.59. The molecule has 0 aliphatic rings. The Bertz CT molecular complexity index is 538. The molecule has 2 heterocycles. The third-order valence-corrected chi connectivity index (χ3v) is 3.29. The number of rotatable bonds is 4. The van der Waals surface area contributed by atoms with E-state index in [1.54, 1.807) is 6.20 Å². The van der Waals surface area contributed by atoms with Gasteiger partial charge in [0.05, 0.1) is 5.54 Å². The first-order valence-electron chi connectivity index (χ1n) is 5.78. The van der Waals surface area contributed by atoms with Crippen LogP contribution in [-0.4, -0.2) is 15.1 Å². The second kappa shape index (κ2) is 5.16. The van der Waals surface area contributed by atoms with Gasteiger partial charge in [-0.2, -0.15) is 4.98 Å². The highest BCUT2D eigenvalue weighted by atomic mass is 79.9. The van der Waals surface area contributed by atoms with Crippen LogP contribution in [0.1, 0.15) is 32.6 Å². The van der Waals surface area contributed by atoms with Gasteiger partial charge in [0.15, 0.2) is 0 Å². The third-order valence-electron chi connectivity index (χ3n) is 2.65. The summed E-state index contributed by atoms with van der Waals surface area (Å²) < 4.78 is 6.07. The Kier molecular flexibility index (Phi) is 3.77. The van der Waals surface area contributed by atoms with Gasteiger partial charge in [0.25, 0.3) is 0 Å². The van der Waals surface area contributed by atoms with Crippen LogP contribution in [0.3, 0.4) is 0 Å². The number of nitrogens with zero attached hydrogens (tertiary/aromatic N) is 3. The molecular weight excluding hydrogens is 296 g/mol. The van der Waals surface area contributed by atoms with E-state index < -0.39 is 5.54 Å². The predicted octanol–water partition coefficient (Wildman–Crippen LogP) is 2.87. The Labute approximate surface area is 114 Å². The average molecular weight is 311 g/mol. The summed E-state index contributed by atoms with van der Waals surface area (Å²) in [6, 6.07) is 3.71. The molecule has 0 spiro atoms. The first kappa shape index (κ1) is 13.2. The first-order chi connectivity index (χ1) is 8.54. The molecule has 0 radical (unpaired) electrons. The quantitative estimate of drug-likeness (QED) is 0.939. The summed E-state index contributed by atoms with van der Waals surface area (Å²) in [6.45, 7) is 3.96. The number of hydrogen-bond donors (Lipinski definition) is 1. The van der Waals surface area contributed by atoms with E-state index in [0.29, 0.717) is 17.4 Å². The van der Waals surface area contributed by atoms with Crippen molar-refractivity contribution in [2.75, 3.05) is 0 Å². The molecular formula is C12H15BrN4O. The normalized spacial score (nSPS) is 14.4. The van der Waals surface area contributed by atoms with Crippen molar-refractivity contribution in [3.05, 3.63) is 28.7 Å². The summed E-state index contributed by atoms with van der Waals surface area (Å²) in [5, 5.41) is 3.94. The largest absolute Gasteiger partial charge is 0.337 e. The van der Waals surface area contributed by atoms with Crippen LogP contribution >= 0.6 is 15.9 Å². The van der Waals surface area contributed by atoms with Gasteiger partial charge in [0.2, 0.25) is 11.7 Å². The topological polar surface area (TPSA) is 77.8 Å². The average Bonchev–Trinajstić information content (AvgIpc) is 2.79. The lowest BCUT2D eigenvalue weighted by Crippen LogP contribution is -2.33. The summed E-state index contributed by atoms with van der Waals surface area (Å²) in [6.07, 6.45) is 3.43. The molecule has 0 fully saturated rings. The Balaban J connectivity index is 2.34. The Morgan fingerprint density at radius 2 is 2.28 bits per heavy atom. The summed E-state index contributed by atoms with van der Waals surface area (Å²) in [5.74, 6) is 0.891. The minimum absolute atomic E-state index is 0.442. The lowest BCUT2D eigenvalue weighted by molar-refractivity contribution is 0.284. The number of aromatic nitrogens is 3. The van der Waals surface area contributed by atoms with Crippen LogP contribution in [0, 0.1) is 0 Å². The summed E-state index contributed by atoms with van der Waals surface area (Å²) in [7, 11) is 0. The molecule has 0 saturated heterocycles. The van der Waals surface area contributed by atoms with Crippen molar-refractivity contribution < 1.29 is 4.52 Å². The minimum Gasteiger partial charge on any atom is -0.337 e. The molecule has 0 saturated carbocycles. The molecule has 2 rings (SSSR count). The fraction of sp³-hybridized carbons (Fsp3) is 0.417. The van der Waals surface area contributed by atoms with Crippen LogP contribution < -0.4 is 5.73 Å². The predicted molar refractivity (Wildman–Crippen MR) is 71.7 cm³/mol. The van der Waals surface area contributed by atoms with Gasteiger partial charge in [-0.1, -0.05) is 18.5 Å². The molecule has 5 nitrogen and oxygen atoms in total. The van der Waals surface area contributed by atoms with Crippen LogP contribution in [-0.2, 0) is 5.54 Å². The van der Waals surface area contributed by atoms with Crippen molar-refractivity contribution in [3.63, 3.8) is 0 Å². The second-order valence-electron chi connectivity index (χ2n) is 4.42. The summed E-state index contributed by atoms with van der Waals surface area (Å²) in [4.78, 5) is 8.55. The highest BCUT2D eigenvalue weighted by Gasteiger charge is 2.28. The van der Waals surface area contributed by atoms with E-state index in [1.807, 2.05) is 19.1 Å². The van der Waals surface area contributed by atoms with E-state index in [4.69, 9.17) is 10.3 Å². The fourth-order valence-corrected chi connectivity index (χ4v) is 2.16.